The maximum absolute atomic E-state index is 12.1. The molecule has 0 fully saturated rings. The zero-order valence-electron chi connectivity index (χ0n) is 14.7. The first kappa shape index (κ1) is 17.9. The van der Waals surface area contributed by atoms with Gasteiger partial charge in [0.25, 0.3) is 0 Å². The summed E-state index contributed by atoms with van der Waals surface area (Å²) in [5.74, 6) is -0.337. The van der Waals surface area contributed by atoms with E-state index in [9.17, 15) is 14.7 Å². The molecular formula is C20H23N3O3. The second kappa shape index (κ2) is 8.01. The summed E-state index contributed by atoms with van der Waals surface area (Å²) in [4.78, 5) is 23.9. The molecule has 0 saturated heterocycles. The molecule has 0 saturated carbocycles. The zero-order valence-corrected chi connectivity index (χ0v) is 14.7. The van der Waals surface area contributed by atoms with Crippen LogP contribution in [0.4, 0.5) is 4.79 Å². The van der Waals surface area contributed by atoms with Crippen LogP contribution >= 0.6 is 0 Å². The lowest BCUT2D eigenvalue weighted by Gasteiger charge is -2.18. The van der Waals surface area contributed by atoms with E-state index in [1.54, 1.807) is 0 Å². The van der Waals surface area contributed by atoms with Crippen molar-refractivity contribution in [1.29, 1.82) is 0 Å². The highest BCUT2D eigenvalue weighted by molar-refractivity contribution is 5.84. The van der Waals surface area contributed by atoms with Gasteiger partial charge in [-0.1, -0.05) is 54.1 Å². The average Bonchev–Trinajstić information content (AvgIpc) is 2.95. The van der Waals surface area contributed by atoms with Gasteiger partial charge in [0, 0.05) is 13.0 Å². The summed E-state index contributed by atoms with van der Waals surface area (Å²) in [6, 6.07) is 14.6. The Kier molecular flexibility index (Phi) is 5.53. The summed E-state index contributed by atoms with van der Waals surface area (Å²) < 4.78 is 0. The largest absolute Gasteiger partial charge is 0.390 e. The molecule has 26 heavy (non-hydrogen) atoms. The van der Waals surface area contributed by atoms with Gasteiger partial charge in [-0.2, -0.15) is 0 Å². The molecule has 136 valence electrons. The number of aliphatic hydroxyl groups excluding tert-OH is 1. The minimum atomic E-state index is -0.647. The van der Waals surface area contributed by atoms with E-state index in [4.69, 9.17) is 0 Å². The van der Waals surface area contributed by atoms with E-state index in [-0.39, 0.29) is 12.5 Å². The van der Waals surface area contributed by atoms with Gasteiger partial charge in [0.2, 0.25) is 5.91 Å². The number of hydrogen-bond acceptors (Lipinski definition) is 3. The van der Waals surface area contributed by atoms with E-state index in [0.717, 1.165) is 22.3 Å². The molecule has 6 heteroatoms. The van der Waals surface area contributed by atoms with E-state index < -0.39 is 18.2 Å². The van der Waals surface area contributed by atoms with E-state index in [1.165, 1.54) is 0 Å². The molecule has 1 aliphatic carbocycles. The van der Waals surface area contributed by atoms with Crippen molar-refractivity contribution in [2.75, 3.05) is 6.54 Å². The molecule has 0 aromatic heterocycles. The Labute approximate surface area is 152 Å². The molecule has 6 nitrogen and oxygen atoms in total. The average molecular weight is 353 g/mol. The predicted octanol–water partition coefficient (Wildman–Crippen LogP) is 1.57. The highest BCUT2D eigenvalue weighted by atomic mass is 16.3. The van der Waals surface area contributed by atoms with Crippen LogP contribution < -0.4 is 16.0 Å². The van der Waals surface area contributed by atoms with Gasteiger partial charge in [-0.3, -0.25) is 4.79 Å². The molecular weight excluding hydrogens is 330 g/mol. The van der Waals surface area contributed by atoms with Gasteiger partial charge < -0.3 is 21.1 Å². The van der Waals surface area contributed by atoms with Crippen LogP contribution in [0.5, 0.6) is 0 Å². The van der Waals surface area contributed by atoms with Gasteiger partial charge in [-0.15, -0.1) is 0 Å². The first-order chi connectivity index (χ1) is 12.5. The molecule has 2 aromatic rings. The fraction of sp³-hybridized carbons (Fsp3) is 0.300. The number of aliphatic hydroxyl groups is 1. The Bertz CT molecular complexity index is 789. The Morgan fingerprint density at radius 1 is 1.08 bits per heavy atom. The van der Waals surface area contributed by atoms with Gasteiger partial charge in [-0.05, 0) is 23.6 Å². The quantitative estimate of drug-likeness (QED) is 0.658. The van der Waals surface area contributed by atoms with E-state index >= 15 is 0 Å². The van der Waals surface area contributed by atoms with Crippen molar-refractivity contribution in [3.8, 4) is 0 Å². The standard InChI is InChI=1S/C20H23N3O3/c1-13-6-8-14(9-7-13)11-21-20(26)22-12-18(25)23-19-16-5-3-2-4-15(16)10-17(19)24/h2-9,17,19,24H,10-12H2,1H3,(H,23,25)(H2,21,22,26). The number of aryl methyl sites for hydroxylation is 1. The summed E-state index contributed by atoms with van der Waals surface area (Å²) >= 11 is 0. The summed E-state index contributed by atoms with van der Waals surface area (Å²) in [6.45, 7) is 2.25. The maximum atomic E-state index is 12.1. The number of amides is 3. The number of urea groups is 1. The zero-order chi connectivity index (χ0) is 18.5. The van der Waals surface area contributed by atoms with Crippen molar-refractivity contribution in [2.45, 2.75) is 32.0 Å². The van der Waals surface area contributed by atoms with Crippen LogP contribution in [0.2, 0.25) is 0 Å². The first-order valence-electron chi connectivity index (χ1n) is 8.65. The van der Waals surface area contributed by atoms with Gasteiger partial charge >= 0.3 is 6.03 Å². The first-order valence-corrected chi connectivity index (χ1v) is 8.65. The lowest BCUT2D eigenvalue weighted by Crippen LogP contribution is -2.44. The van der Waals surface area contributed by atoms with Crippen LogP contribution in [0.3, 0.4) is 0 Å². The van der Waals surface area contributed by atoms with Gasteiger partial charge in [-0.25, -0.2) is 4.79 Å². The molecule has 3 amide bonds. The molecule has 3 rings (SSSR count). The minimum Gasteiger partial charge on any atom is -0.390 e. The summed E-state index contributed by atoms with van der Waals surface area (Å²) in [6.07, 6.45) is -0.127. The van der Waals surface area contributed by atoms with Crippen LogP contribution in [-0.4, -0.2) is 29.7 Å². The number of fused-ring (bicyclic) bond motifs is 1. The lowest BCUT2D eigenvalue weighted by molar-refractivity contribution is -0.121. The van der Waals surface area contributed by atoms with Crippen molar-refractivity contribution >= 4 is 11.9 Å². The number of hydrogen-bond donors (Lipinski definition) is 4. The van der Waals surface area contributed by atoms with Crippen molar-refractivity contribution in [1.82, 2.24) is 16.0 Å². The number of nitrogens with one attached hydrogen (secondary N) is 3. The van der Waals surface area contributed by atoms with Crippen molar-refractivity contribution in [3.63, 3.8) is 0 Å². The Hall–Kier alpha value is -2.86. The fourth-order valence-corrected chi connectivity index (χ4v) is 3.08. The van der Waals surface area contributed by atoms with Crippen molar-refractivity contribution in [2.24, 2.45) is 0 Å². The molecule has 2 aromatic carbocycles. The Morgan fingerprint density at radius 2 is 1.81 bits per heavy atom. The van der Waals surface area contributed by atoms with Crippen LogP contribution in [0.25, 0.3) is 0 Å². The smallest absolute Gasteiger partial charge is 0.315 e. The van der Waals surface area contributed by atoms with Crippen LogP contribution in [0.1, 0.15) is 28.3 Å². The third-order valence-corrected chi connectivity index (χ3v) is 4.50. The molecule has 0 radical (unpaired) electrons. The van der Waals surface area contributed by atoms with Crippen molar-refractivity contribution in [3.05, 3.63) is 70.8 Å². The third-order valence-electron chi connectivity index (χ3n) is 4.50. The second-order valence-electron chi connectivity index (χ2n) is 6.54. The summed E-state index contributed by atoms with van der Waals surface area (Å²) in [5.41, 5.74) is 4.11. The topological polar surface area (TPSA) is 90.5 Å². The van der Waals surface area contributed by atoms with E-state index in [2.05, 4.69) is 16.0 Å². The highest BCUT2D eigenvalue weighted by Gasteiger charge is 2.31. The monoisotopic (exact) mass is 353 g/mol. The van der Waals surface area contributed by atoms with Crippen LogP contribution in [0, 0.1) is 6.92 Å². The van der Waals surface area contributed by atoms with Crippen molar-refractivity contribution < 1.29 is 14.7 Å². The minimum absolute atomic E-state index is 0.148. The molecule has 0 aliphatic heterocycles. The Balaban J connectivity index is 1.44. The van der Waals surface area contributed by atoms with Gasteiger partial charge in [0.15, 0.2) is 0 Å². The molecule has 1 aliphatic rings. The van der Waals surface area contributed by atoms with Crippen LogP contribution in [0.15, 0.2) is 48.5 Å². The summed E-state index contributed by atoms with van der Waals surface area (Å²) in [5, 5.41) is 18.2. The normalized spacial score (nSPS) is 18.1. The number of carbonyl (C=O) groups excluding carboxylic acids is 2. The van der Waals surface area contributed by atoms with Crippen LogP contribution in [-0.2, 0) is 17.8 Å². The highest BCUT2D eigenvalue weighted by Crippen LogP contribution is 2.30. The van der Waals surface area contributed by atoms with E-state index in [0.29, 0.717) is 13.0 Å². The molecule has 0 heterocycles. The molecule has 0 bridgehead atoms. The molecule has 0 spiro atoms. The fourth-order valence-electron chi connectivity index (χ4n) is 3.08. The molecule has 2 unspecified atom stereocenters. The Morgan fingerprint density at radius 3 is 2.58 bits per heavy atom. The summed E-state index contributed by atoms with van der Waals surface area (Å²) in [7, 11) is 0. The molecule has 4 N–H and O–H groups in total. The SMILES string of the molecule is Cc1ccc(CNC(=O)NCC(=O)NC2c3ccccc3CC2O)cc1. The second-order valence-corrected chi connectivity index (χ2v) is 6.54. The molecule has 2 atom stereocenters. The number of benzene rings is 2. The number of rotatable bonds is 5. The predicted molar refractivity (Wildman–Crippen MR) is 98.5 cm³/mol. The van der Waals surface area contributed by atoms with Gasteiger partial charge in [0.05, 0.1) is 18.7 Å². The number of carbonyl (C=O) groups is 2. The lowest BCUT2D eigenvalue weighted by atomic mass is 10.1. The maximum Gasteiger partial charge on any atom is 0.315 e. The third kappa shape index (κ3) is 4.40. The van der Waals surface area contributed by atoms with E-state index in [1.807, 2.05) is 55.5 Å². The van der Waals surface area contributed by atoms with Gasteiger partial charge in [0.1, 0.15) is 0 Å².